The molecule has 1 fully saturated rings. The first-order valence-electron chi connectivity index (χ1n) is 13.8. The van der Waals surface area contributed by atoms with E-state index >= 15 is 0 Å². The van der Waals surface area contributed by atoms with Gasteiger partial charge in [-0.1, -0.05) is 39.3 Å². The number of morpholine rings is 1. The van der Waals surface area contributed by atoms with Gasteiger partial charge < -0.3 is 19.9 Å². The maximum atomic E-state index is 14.0. The zero-order valence-electron chi connectivity index (χ0n) is 23.2. The first kappa shape index (κ1) is 29.8. The summed E-state index contributed by atoms with van der Waals surface area (Å²) in [7, 11) is 0. The van der Waals surface area contributed by atoms with Gasteiger partial charge in [-0.3, -0.25) is 9.59 Å². The van der Waals surface area contributed by atoms with Crippen LogP contribution >= 0.6 is 0 Å². The topological polar surface area (TPSA) is 61.9 Å². The van der Waals surface area contributed by atoms with E-state index < -0.39 is 23.6 Å². The van der Waals surface area contributed by atoms with Gasteiger partial charge in [0.2, 0.25) is 11.8 Å². The second-order valence-corrected chi connectivity index (χ2v) is 11.3. The largest absolute Gasteiger partial charge is 0.416 e. The van der Waals surface area contributed by atoms with Crippen LogP contribution in [0.25, 0.3) is 0 Å². The van der Waals surface area contributed by atoms with Crippen LogP contribution < -0.4 is 10.2 Å². The Morgan fingerprint density at radius 2 is 1.75 bits per heavy atom. The van der Waals surface area contributed by atoms with Crippen molar-refractivity contribution in [2.75, 3.05) is 44.3 Å². The summed E-state index contributed by atoms with van der Waals surface area (Å²) in [5.41, 5.74) is 1.10. The zero-order valence-corrected chi connectivity index (χ0v) is 23.2. The number of alkyl halides is 3. The maximum absolute atomic E-state index is 14.0. The number of hydrogen-bond donors (Lipinski definition) is 1. The highest BCUT2D eigenvalue weighted by Crippen LogP contribution is 2.41. The summed E-state index contributed by atoms with van der Waals surface area (Å²) in [6.45, 7) is 8.86. The summed E-state index contributed by atoms with van der Waals surface area (Å²) in [5.74, 6) is -1.89. The summed E-state index contributed by atoms with van der Waals surface area (Å²) in [4.78, 5) is 30.6. The Bertz CT molecular complexity index is 1190. The van der Waals surface area contributed by atoms with Gasteiger partial charge >= 0.3 is 6.18 Å². The molecule has 10 heteroatoms. The van der Waals surface area contributed by atoms with Crippen molar-refractivity contribution < 1.29 is 31.9 Å². The van der Waals surface area contributed by atoms with Gasteiger partial charge in [-0.05, 0) is 47.9 Å². The molecule has 0 aromatic heterocycles. The van der Waals surface area contributed by atoms with Crippen molar-refractivity contribution >= 4 is 17.5 Å². The van der Waals surface area contributed by atoms with Crippen LogP contribution in [-0.2, 0) is 25.9 Å². The highest BCUT2D eigenvalue weighted by atomic mass is 19.4. The van der Waals surface area contributed by atoms with Crippen LogP contribution in [0.5, 0.6) is 0 Å². The van der Waals surface area contributed by atoms with E-state index in [-0.39, 0.29) is 29.6 Å². The molecule has 2 amide bonds. The van der Waals surface area contributed by atoms with E-state index in [1.54, 1.807) is 17.0 Å². The number of anilines is 1. The molecular weight excluding hydrogens is 526 g/mol. The summed E-state index contributed by atoms with van der Waals surface area (Å²) in [5, 5.41) is 3.09. The Labute approximate surface area is 232 Å². The molecule has 2 aliphatic heterocycles. The number of halogens is 4. The number of hydrogen-bond acceptors (Lipinski definition) is 4. The van der Waals surface area contributed by atoms with Crippen LogP contribution in [0.1, 0.15) is 62.6 Å². The molecule has 40 heavy (non-hydrogen) atoms. The summed E-state index contributed by atoms with van der Waals surface area (Å²) in [6, 6.07) is 8.92. The molecule has 2 aromatic rings. The Morgan fingerprint density at radius 1 is 1.07 bits per heavy atom. The lowest BCUT2D eigenvalue weighted by Crippen LogP contribution is -2.47. The van der Waals surface area contributed by atoms with Crippen LogP contribution in [0, 0.1) is 5.82 Å². The van der Waals surface area contributed by atoms with E-state index in [4.69, 9.17) is 4.74 Å². The van der Waals surface area contributed by atoms with Crippen LogP contribution in [0.3, 0.4) is 0 Å². The summed E-state index contributed by atoms with van der Waals surface area (Å²) >= 11 is 0. The Morgan fingerprint density at radius 3 is 2.38 bits per heavy atom. The molecule has 6 nitrogen and oxygen atoms in total. The minimum Gasteiger partial charge on any atom is -0.378 e. The molecule has 0 bridgehead atoms. The van der Waals surface area contributed by atoms with Gasteiger partial charge in [-0.25, -0.2) is 4.39 Å². The number of amides is 2. The Balaban J connectivity index is 1.55. The average Bonchev–Trinajstić information content (AvgIpc) is 3.15. The van der Waals surface area contributed by atoms with Gasteiger partial charge in [-0.15, -0.1) is 0 Å². The maximum Gasteiger partial charge on any atom is 0.416 e. The average molecular weight is 564 g/mol. The number of benzene rings is 2. The Hall–Kier alpha value is -3.14. The number of nitrogens with one attached hydrogen (secondary N) is 1. The van der Waals surface area contributed by atoms with Gasteiger partial charge in [0.15, 0.2) is 0 Å². The lowest BCUT2D eigenvalue weighted by Gasteiger charge is -2.31. The highest BCUT2D eigenvalue weighted by Gasteiger charge is 2.37. The fourth-order valence-corrected chi connectivity index (χ4v) is 5.64. The van der Waals surface area contributed by atoms with E-state index in [1.807, 2.05) is 6.92 Å². The van der Waals surface area contributed by atoms with Gasteiger partial charge in [-0.2, -0.15) is 13.2 Å². The smallest absolute Gasteiger partial charge is 0.378 e. The van der Waals surface area contributed by atoms with Crippen molar-refractivity contribution in [3.8, 4) is 0 Å². The first-order valence-corrected chi connectivity index (χ1v) is 13.8. The highest BCUT2D eigenvalue weighted by molar-refractivity contribution is 5.90. The van der Waals surface area contributed by atoms with E-state index in [1.165, 1.54) is 18.2 Å². The van der Waals surface area contributed by atoms with E-state index in [0.29, 0.717) is 51.4 Å². The predicted molar refractivity (Wildman–Crippen MR) is 145 cm³/mol. The molecule has 218 valence electrons. The second kappa shape index (κ2) is 12.2. The van der Waals surface area contributed by atoms with Crippen molar-refractivity contribution in [1.29, 1.82) is 0 Å². The number of rotatable bonds is 9. The molecular formula is C30H37F4N3O3. The monoisotopic (exact) mass is 563 g/mol. The third-order valence-electron chi connectivity index (χ3n) is 7.74. The zero-order chi connectivity index (χ0) is 29.1. The third-order valence-corrected chi connectivity index (χ3v) is 7.74. The van der Waals surface area contributed by atoms with Crippen LogP contribution in [0.4, 0.5) is 23.2 Å². The van der Waals surface area contributed by atoms with Crippen molar-refractivity contribution in [2.45, 2.75) is 63.6 Å². The quantitative estimate of drug-likeness (QED) is 0.423. The van der Waals surface area contributed by atoms with E-state index in [9.17, 15) is 27.2 Å². The number of ether oxygens (including phenoxy) is 1. The predicted octanol–water partition coefficient (Wildman–Crippen LogP) is 5.26. The van der Waals surface area contributed by atoms with Gasteiger partial charge in [0.05, 0.1) is 24.7 Å². The lowest BCUT2D eigenvalue weighted by molar-refractivity contribution is -0.138. The van der Waals surface area contributed by atoms with Gasteiger partial charge in [0, 0.05) is 49.7 Å². The molecule has 0 radical (unpaired) electrons. The lowest BCUT2D eigenvalue weighted by atomic mass is 9.87. The van der Waals surface area contributed by atoms with Gasteiger partial charge in [0.25, 0.3) is 0 Å². The van der Waals surface area contributed by atoms with Crippen molar-refractivity contribution in [3.63, 3.8) is 0 Å². The molecule has 0 spiro atoms. The summed E-state index contributed by atoms with van der Waals surface area (Å²) in [6.07, 6.45) is -3.21. The van der Waals surface area contributed by atoms with Crippen LogP contribution in [0.2, 0.25) is 0 Å². The van der Waals surface area contributed by atoms with Crippen molar-refractivity contribution in [3.05, 3.63) is 65.0 Å². The van der Waals surface area contributed by atoms with Crippen molar-refractivity contribution in [1.82, 2.24) is 10.2 Å². The molecule has 0 saturated carbocycles. The standard InChI is InChI=1S/C30H37F4N3O3/c1-4-5-23(18-37-19-29(2,3)25-16-22(31)10-11-26(25)37)35-28(39)24(17-27(38)36-12-14-40-15-13-36)20-6-8-21(9-7-20)30(32,33)34/h6-11,16,23-24H,4-5,12-15,17-19H2,1-3H3,(H,35,39)/t23?,24-/m0/s1. The fraction of sp³-hybridized carbons (Fsp3) is 0.533. The molecule has 1 saturated heterocycles. The number of carbonyl (C=O) groups excluding carboxylic acids is 2. The number of carbonyl (C=O) groups is 2. The first-order chi connectivity index (χ1) is 18.9. The van der Waals surface area contributed by atoms with Gasteiger partial charge in [0.1, 0.15) is 5.82 Å². The molecule has 2 heterocycles. The SMILES string of the molecule is CCCC(CN1CC(C)(C)c2cc(F)ccc21)NC(=O)[C@@H](CC(=O)N1CCOCC1)c1ccc(C(F)(F)F)cc1. The van der Waals surface area contributed by atoms with Crippen LogP contribution in [-0.4, -0.2) is 62.1 Å². The molecule has 2 aliphatic rings. The minimum atomic E-state index is -4.51. The Kier molecular flexibility index (Phi) is 9.07. The molecule has 4 rings (SSSR count). The fourth-order valence-electron chi connectivity index (χ4n) is 5.64. The number of fused-ring (bicyclic) bond motifs is 1. The molecule has 2 atom stereocenters. The normalized spacial score (nSPS) is 18.3. The second-order valence-electron chi connectivity index (χ2n) is 11.3. The molecule has 0 aliphatic carbocycles. The minimum absolute atomic E-state index is 0.158. The molecule has 2 aromatic carbocycles. The number of nitrogens with zero attached hydrogens (tertiary/aromatic N) is 2. The summed E-state index contributed by atoms with van der Waals surface area (Å²) < 4.78 is 58.9. The molecule has 1 N–H and O–H groups in total. The van der Waals surface area contributed by atoms with Crippen molar-refractivity contribution in [2.24, 2.45) is 0 Å². The third kappa shape index (κ3) is 6.95. The van der Waals surface area contributed by atoms with E-state index in [2.05, 4.69) is 24.1 Å². The van der Waals surface area contributed by atoms with E-state index in [0.717, 1.165) is 29.8 Å². The molecule has 1 unspecified atom stereocenters. The van der Waals surface area contributed by atoms with Crippen LogP contribution in [0.15, 0.2) is 42.5 Å².